The number of ether oxygens (including phenoxy) is 1. The standard InChI is InChI=1S/C14H21NO2/c1-4-17-14(16)11-15(3)10-9-13-7-5-12(2)6-8-13/h5-8H,4,9-11H2,1-3H3. The van der Waals surface area contributed by atoms with Crippen molar-refractivity contribution in [3.63, 3.8) is 0 Å². The Balaban J connectivity index is 2.30. The van der Waals surface area contributed by atoms with Crippen LogP contribution in [0.15, 0.2) is 24.3 Å². The lowest BCUT2D eigenvalue weighted by molar-refractivity contribution is -0.144. The normalized spacial score (nSPS) is 10.6. The fourth-order valence-corrected chi connectivity index (χ4v) is 1.58. The van der Waals surface area contributed by atoms with E-state index in [2.05, 4.69) is 31.2 Å². The van der Waals surface area contributed by atoms with E-state index in [4.69, 9.17) is 4.74 Å². The first-order valence-corrected chi connectivity index (χ1v) is 6.01. The summed E-state index contributed by atoms with van der Waals surface area (Å²) in [6.45, 7) is 5.58. The first-order chi connectivity index (χ1) is 8.11. The molecule has 1 aromatic rings. The van der Waals surface area contributed by atoms with Crippen molar-refractivity contribution in [1.82, 2.24) is 4.90 Å². The molecule has 0 unspecified atom stereocenters. The quantitative estimate of drug-likeness (QED) is 0.707. The van der Waals surface area contributed by atoms with Crippen LogP contribution >= 0.6 is 0 Å². The Bertz CT molecular complexity index is 346. The monoisotopic (exact) mass is 235 g/mol. The minimum absolute atomic E-state index is 0.154. The summed E-state index contributed by atoms with van der Waals surface area (Å²) in [7, 11) is 1.94. The molecule has 0 heterocycles. The van der Waals surface area contributed by atoms with Crippen LogP contribution in [0.25, 0.3) is 0 Å². The van der Waals surface area contributed by atoms with E-state index in [9.17, 15) is 4.79 Å². The lowest BCUT2D eigenvalue weighted by atomic mass is 10.1. The highest BCUT2D eigenvalue weighted by Gasteiger charge is 2.06. The molecule has 0 amide bonds. The number of carbonyl (C=O) groups is 1. The highest BCUT2D eigenvalue weighted by Crippen LogP contribution is 2.04. The Labute approximate surface area is 103 Å². The summed E-state index contributed by atoms with van der Waals surface area (Å²) in [6, 6.07) is 8.49. The molecule has 0 aliphatic heterocycles. The molecule has 94 valence electrons. The number of rotatable bonds is 6. The molecule has 17 heavy (non-hydrogen) atoms. The number of hydrogen-bond acceptors (Lipinski definition) is 3. The number of aryl methyl sites for hydroxylation is 1. The van der Waals surface area contributed by atoms with Crippen LogP contribution in [0.4, 0.5) is 0 Å². The smallest absolute Gasteiger partial charge is 0.320 e. The summed E-state index contributed by atoms with van der Waals surface area (Å²) in [5, 5.41) is 0. The fraction of sp³-hybridized carbons (Fsp3) is 0.500. The van der Waals surface area contributed by atoms with Gasteiger partial charge in [0.25, 0.3) is 0 Å². The number of benzene rings is 1. The Hall–Kier alpha value is -1.35. The molecule has 0 saturated heterocycles. The molecule has 3 nitrogen and oxygen atoms in total. The Kier molecular flexibility index (Phi) is 5.70. The van der Waals surface area contributed by atoms with Gasteiger partial charge < -0.3 is 4.74 Å². The van der Waals surface area contributed by atoms with Crippen LogP contribution < -0.4 is 0 Å². The number of carbonyl (C=O) groups excluding carboxylic acids is 1. The largest absolute Gasteiger partial charge is 0.465 e. The van der Waals surface area contributed by atoms with Crippen molar-refractivity contribution in [2.24, 2.45) is 0 Å². The molecular weight excluding hydrogens is 214 g/mol. The van der Waals surface area contributed by atoms with Gasteiger partial charge in [-0.25, -0.2) is 0 Å². The van der Waals surface area contributed by atoms with E-state index in [0.29, 0.717) is 13.2 Å². The van der Waals surface area contributed by atoms with Crippen molar-refractivity contribution in [2.75, 3.05) is 26.7 Å². The predicted octanol–water partition coefficient (Wildman–Crippen LogP) is 2.03. The van der Waals surface area contributed by atoms with Gasteiger partial charge >= 0.3 is 5.97 Å². The molecule has 1 aromatic carbocycles. The topological polar surface area (TPSA) is 29.5 Å². The molecule has 0 spiro atoms. The van der Waals surface area contributed by atoms with Gasteiger partial charge in [0.1, 0.15) is 0 Å². The summed E-state index contributed by atoms with van der Waals surface area (Å²) >= 11 is 0. The van der Waals surface area contributed by atoms with Crippen molar-refractivity contribution < 1.29 is 9.53 Å². The lowest BCUT2D eigenvalue weighted by Gasteiger charge is -2.15. The van der Waals surface area contributed by atoms with Crippen LogP contribution in [0.5, 0.6) is 0 Å². The van der Waals surface area contributed by atoms with E-state index in [-0.39, 0.29) is 5.97 Å². The maximum Gasteiger partial charge on any atom is 0.320 e. The summed E-state index contributed by atoms with van der Waals surface area (Å²) in [4.78, 5) is 13.2. The molecule has 0 bridgehead atoms. The first-order valence-electron chi connectivity index (χ1n) is 6.01. The second kappa shape index (κ2) is 7.07. The average Bonchev–Trinajstić information content (AvgIpc) is 2.28. The second-order valence-electron chi connectivity index (χ2n) is 4.28. The van der Waals surface area contributed by atoms with Crippen molar-refractivity contribution in [3.05, 3.63) is 35.4 Å². The van der Waals surface area contributed by atoms with E-state index in [0.717, 1.165) is 13.0 Å². The van der Waals surface area contributed by atoms with Gasteiger partial charge in [-0.2, -0.15) is 0 Å². The summed E-state index contributed by atoms with van der Waals surface area (Å²) in [5.74, 6) is -0.154. The molecule has 0 aliphatic carbocycles. The number of nitrogens with zero attached hydrogens (tertiary/aromatic N) is 1. The van der Waals surface area contributed by atoms with Gasteiger partial charge in [-0.1, -0.05) is 29.8 Å². The van der Waals surface area contributed by atoms with Crippen molar-refractivity contribution in [1.29, 1.82) is 0 Å². The summed E-state index contributed by atoms with van der Waals surface area (Å²) in [6.07, 6.45) is 0.955. The second-order valence-corrected chi connectivity index (χ2v) is 4.28. The van der Waals surface area contributed by atoms with E-state index in [1.54, 1.807) is 0 Å². The highest BCUT2D eigenvalue weighted by molar-refractivity contribution is 5.71. The zero-order chi connectivity index (χ0) is 12.7. The molecule has 0 saturated carbocycles. The first kappa shape index (κ1) is 13.7. The zero-order valence-corrected chi connectivity index (χ0v) is 10.9. The molecule has 0 atom stereocenters. The summed E-state index contributed by atoms with van der Waals surface area (Å²) < 4.78 is 4.90. The molecule has 0 aliphatic rings. The molecule has 1 rings (SSSR count). The molecule has 3 heteroatoms. The summed E-state index contributed by atoms with van der Waals surface area (Å²) in [5.41, 5.74) is 2.57. The maximum absolute atomic E-state index is 11.2. The third-order valence-corrected chi connectivity index (χ3v) is 2.61. The fourth-order valence-electron chi connectivity index (χ4n) is 1.58. The third-order valence-electron chi connectivity index (χ3n) is 2.61. The van der Waals surface area contributed by atoms with Crippen LogP contribution in [0.1, 0.15) is 18.1 Å². The Morgan fingerprint density at radius 2 is 1.94 bits per heavy atom. The third kappa shape index (κ3) is 5.50. The molecule has 0 fully saturated rings. The van der Waals surface area contributed by atoms with Crippen LogP contribution in [0.2, 0.25) is 0 Å². The van der Waals surface area contributed by atoms with Crippen molar-refractivity contribution in [2.45, 2.75) is 20.3 Å². The number of hydrogen-bond donors (Lipinski definition) is 0. The van der Waals surface area contributed by atoms with Gasteiger partial charge in [0.05, 0.1) is 13.2 Å². The van der Waals surface area contributed by atoms with E-state index >= 15 is 0 Å². The van der Waals surface area contributed by atoms with Gasteiger partial charge in [-0.3, -0.25) is 9.69 Å². The van der Waals surface area contributed by atoms with Crippen LogP contribution in [-0.4, -0.2) is 37.6 Å². The van der Waals surface area contributed by atoms with Gasteiger partial charge in [0, 0.05) is 6.54 Å². The zero-order valence-electron chi connectivity index (χ0n) is 10.9. The van der Waals surface area contributed by atoms with Crippen molar-refractivity contribution in [3.8, 4) is 0 Å². The minimum atomic E-state index is -0.154. The molecular formula is C14H21NO2. The van der Waals surface area contributed by atoms with Crippen molar-refractivity contribution >= 4 is 5.97 Å². The van der Waals surface area contributed by atoms with Gasteiger partial charge in [0.15, 0.2) is 0 Å². The maximum atomic E-state index is 11.2. The molecule has 0 radical (unpaired) electrons. The van der Waals surface area contributed by atoms with Crippen LogP contribution in [-0.2, 0) is 16.0 Å². The number of esters is 1. The van der Waals surface area contributed by atoms with Crippen LogP contribution in [0, 0.1) is 6.92 Å². The van der Waals surface area contributed by atoms with E-state index in [1.807, 2.05) is 18.9 Å². The van der Waals surface area contributed by atoms with Gasteiger partial charge in [-0.05, 0) is 32.9 Å². The van der Waals surface area contributed by atoms with E-state index in [1.165, 1.54) is 11.1 Å². The SMILES string of the molecule is CCOC(=O)CN(C)CCc1ccc(C)cc1. The molecule has 0 aromatic heterocycles. The highest BCUT2D eigenvalue weighted by atomic mass is 16.5. The molecule has 0 N–H and O–H groups in total. The predicted molar refractivity (Wildman–Crippen MR) is 69.0 cm³/mol. The van der Waals surface area contributed by atoms with Crippen LogP contribution in [0.3, 0.4) is 0 Å². The lowest BCUT2D eigenvalue weighted by Crippen LogP contribution is -2.29. The Morgan fingerprint density at radius 1 is 1.29 bits per heavy atom. The van der Waals surface area contributed by atoms with Gasteiger partial charge in [-0.15, -0.1) is 0 Å². The van der Waals surface area contributed by atoms with Gasteiger partial charge in [0.2, 0.25) is 0 Å². The minimum Gasteiger partial charge on any atom is -0.465 e. The Morgan fingerprint density at radius 3 is 2.53 bits per heavy atom. The van der Waals surface area contributed by atoms with E-state index < -0.39 is 0 Å². The average molecular weight is 235 g/mol. The number of likely N-dealkylation sites (N-methyl/N-ethyl adjacent to an activating group) is 1.